The molecular weight excluding hydrogens is 150 g/mol. The molecule has 12 heavy (non-hydrogen) atoms. The SMILES string of the molecule is CC(=O)c1cccnc1.CCC. The largest absolute Gasteiger partial charge is 0.294 e. The Kier molecular flexibility index (Phi) is 5.88. The van der Waals surface area contributed by atoms with Crippen molar-refractivity contribution in [2.75, 3.05) is 0 Å². The van der Waals surface area contributed by atoms with Crippen LogP contribution in [0.4, 0.5) is 0 Å². The van der Waals surface area contributed by atoms with E-state index in [2.05, 4.69) is 18.8 Å². The first kappa shape index (κ1) is 10.8. The first-order valence-electron chi connectivity index (χ1n) is 4.13. The molecule has 0 aliphatic heterocycles. The molecule has 1 aromatic heterocycles. The molecule has 0 aliphatic carbocycles. The molecule has 0 saturated carbocycles. The molecule has 2 nitrogen and oxygen atoms in total. The number of nitrogens with zero attached hydrogens (tertiary/aromatic N) is 1. The zero-order valence-corrected chi connectivity index (χ0v) is 7.87. The van der Waals surface area contributed by atoms with Crippen LogP contribution in [0, 0.1) is 0 Å². The topological polar surface area (TPSA) is 30.0 Å². The minimum absolute atomic E-state index is 0.0584. The van der Waals surface area contributed by atoms with E-state index in [1.165, 1.54) is 13.3 Å². The van der Waals surface area contributed by atoms with Crippen molar-refractivity contribution >= 4 is 5.78 Å². The highest BCUT2D eigenvalue weighted by molar-refractivity contribution is 5.93. The minimum atomic E-state index is 0.0584. The minimum Gasteiger partial charge on any atom is -0.294 e. The Labute approximate surface area is 73.6 Å². The first-order valence-corrected chi connectivity index (χ1v) is 4.13. The summed E-state index contributed by atoms with van der Waals surface area (Å²) in [5, 5.41) is 0. The van der Waals surface area contributed by atoms with Crippen LogP contribution in [0.1, 0.15) is 37.6 Å². The molecule has 0 N–H and O–H groups in total. The summed E-state index contributed by atoms with van der Waals surface area (Å²) in [5.41, 5.74) is 0.664. The molecule has 0 bridgehead atoms. The number of hydrogen-bond donors (Lipinski definition) is 0. The maximum Gasteiger partial charge on any atom is 0.161 e. The van der Waals surface area contributed by atoms with Crippen molar-refractivity contribution in [1.29, 1.82) is 0 Å². The Morgan fingerprint density at radius 2 is 2.08 bits per heavy atom. The predicted octanol–water partition coefficient (Wildman–Crippen LogP) is 2.70. The number of rotatable bonds is 1. The highest BCUT2D eigenvalue weighted by Gasteiger charge is 1.93. The molecule has 0 saturated heterocycles. The Morgan fingerprint density at radius 3 is 2.33 bits per heavy atom. The third-order valence-electron chi connectivity index (χ3n) is 1.07. The molecule has 0 amide bonds. The van der Waals surface area contributed by atoms with E-state index in [0.29, 0.717) is 5.56 Å². The lowest BCUT2D eigenvalue weighted by Crippen LogP contribution is -1.90. The number of aromatic nitrogens is 1. The van der Waals surface area contributed by atoms with Crippen LogP contribution in [-0.2, 0) is 0 Å². The predicted molar refractivity (Wildman–Crippen MR) is 50.2 cm³/mol. The molecule has 0 aliphatic rings. The van der Waals surface area contributed by atoms with Crippen LogP contribution >= 0.6 is 0 Å². The number of ketones is 1. The summed E-state index contributed by atoms with van der Waals surface area (Å²) in [5.74, 6) is 0.0584. The second-order valence-corrected chi connectivity index (χ2v) is 2.50. The van der Waals surface area contributed by atoms with Gasteiger partial charge >= 0.3 is 0 Å². The zero-order chi connectivity index (χ0) is 9.40. The van der Waals surface area contributed by atoms with Crippen molar-refractivity contribution in [1.82, 2.24) is 4.98 Å². The summed E-state index contributed by atoms with van der Waals surface area (Å²) in [7, 11) is 0. The van der Waals surface area contributed by atoms with Crippen molar-refractivity contribution in [2.45, 2.75) is 27.2 Å². The highest BCUT2D eigenvalue weighted by Crippen LogP contribution is 1.94. The van der Waals surface area contributed by atoms with Gasteiger partial charge in [-0.05, 0) is 19.1 Å². The standard InChI is InChI=1S/C7H7NO.C3H8/c1-6(9)7-3-2-4-8-5-7;1-3-2/h2-5H,1H3;3H2,1-2H3. The number of hydrogen-bond acceptors (Lipinski definition) is 2. The molecule has 0 radical (unpaired) electrons. The van der Waals surface area contributed by atoms with Crippen molar-refractivity contribution in [3.05, 3.63) is 30.1 Å². The molecule has 0 fully saturated rings. The van der Waals surface area contributed by atoms with Gasteiger partial charge < -0.3 is 0 Å². The molecule has 1 heterocycles. The van der Waals surface area contributed by atoms with Crippen molar-refractivity contribution in [3.63, 3.8) is 0 Å². The molecule has 66 valence electrons. The lowest BCUT2D eigenvalue weighted by atomic mass is 10.2. The average molecular weight is 165 g/mol. The normalized spacial score (nSPS) is 8.25. The van der Waals surface area contributed by atoms with Gasteiger partial charge in [-0.1, -0.05) is 20.3 Å². The highest BCUT2D eigenvalue weighted by atomic mass is 16.1. The van der Waals surface area contributed by atoms with Crippen molar-refractivity contribution < 1.29 is 4.79 Å². The maximum absolute atomic E-state index is 10.6. The summed E-state index contributed by atoms with van der Waals surface area (Å²) in [6.07, 6.45) is 4.45. The van der Waals surface area contributed by atoms with Gasteiger partial charge in [0.2, 0.25) is 0 Å². The summed E-state index contributed by atoms with van der Waals surface area (Å²) < 4.78 is 0. The molecule has 1 rings (SSSR count). The van der Waals surface area contributed by atoms with Crippen LogP contribution < -0.4 is 0 Å². The van der Waals surface area contributed by atoms with Gasteiger partial charge in [-0.3, -0.25) is 9.78 Å². The fraction of sp³-hybridized carbons (Fsp3) is 0.400. The number of pyridine rings is 1. The third-order valence-corrected chi connectivity index (χ3v) is 1.07. The van der Waals surface area contributed by atoms with Gasteiger partial charge in [0, 0.05) is 18.0 Å². The lowest BCUT2D eigenvalue weighted by Gasteiger charge is -1.88. The second kappa shape index (κ2) is 6.53. The van der Waals surface area contributed by atoms with Gasteiger partial charge in [0.1, 0.15) is 0 Å². The number of carbonyl (C=O) groups is 1. The Balaban J connectivity index is 0.000000354. The van der Waals surface area contributed by atoms with Gasteiger partial charge in [0.25, 0.3) is 0 Å². The van der Waals surface area contributed by atoms with E-state index in [-0.39, 0.29) is 5.78 Å². The fourth-order valence-electron chi connectivity index (χ4n) is 0.571. The number of Topliss-reactive ketones (excluding diaryl/α,β-unsaturated/α-hetero) is 1. The van der Waals surface area contributed by atoms with E-state index in [1.807, 2.05) is 0 Å². The van der Waals surface area contributed by atoms with Gasteiger partial charge in [-0.25, -0.2) is 0 Å². The Morgan fingerprint density at radius 1 is 1.50 bits per heavy atom. The van der Waals surface area contributed by atoms with Crippen LogP contribution in [0.3, 0.4) is 0 Å². The van der Waals surface area contributed by atoms with Gasteiger partial charge in [0.15, 0.2) is 5.78 Å². The first-order chi connectivity index (χ1) is 5.72. The summed E-state index contributed by atoms with van der Waals surface area (Å²) >= 11 is 0. The van der Waals surface area contributed by atoms with E-state index in [4.69, 9.17) is 0 Å². The summed E-state index contributed by atoms with van der Waals surface area (Å²) in [4.78, 5) is 14.4. The lowest BCUT2D eigenvalue weighted by molar-refractivity contribution is 0.101. The molecule has 2 heteroatoms. The van der Waals surface area contributed by atoms with E-state index in [0.717, 1.165) is 0 Å². The molecule has 0 atom stereocenters. The van der Waals surface area contributed by atoms with Crippen LogP contribution in [-0.4, -0.2) is 10.8 Å². The van der Waals surface area contributed by atoms with E-state index in [1.54, 1.807) is 24.5 Å². The fourth-order valence-corrected chi connectivity index (χ4v) is 0.571. The summed E-state index contributed by atoms with van der Waals surface area (Å²) in [6, 6.07) is 3.49. The van der Waals surface area contributed by atoms with Crippen molar-refractivity contribution in [2.24, 2.45) is 0 Å². The Hall–Kier alpha value is -1.18. The van der Waals surface area contributed by atoms with Gasteiger partial charge in [-0.2, -0.15) is 0 Å². The van der Waals surface area contributed by atoms with Crippen LogP contribution in [0.15, 0.2) is 24.5 Å². The molecule has 0 spiro atoms. The number of carbonyl (C=O) groups excluding carboxylic acids is 1. The maximum atomic E-state index is 10.6. The molecule has 0 aromatic carbocycles. The van der Waals surface area contributed by atoms with Crippen LogP contribution in [0.2, 0.25) is 0 Å². The Bertz CT molecular complexity index is 219. The molecule has 1 aromatic rings. The smallest absolute Gasteiger partial charge is 0.161 e. The summed E-state index contributed by atoms with van der Waals surface area (Å²) in [6.45, 7) is 5.77. The van der Waals surface area contributed by atoms with Gasteiger partial charge in [-0.15, -0.1) is 0 Å². The molecule has 0 unspecified atom stereocenters. The third kappa shape index (κ3) is 4.61. The van der Waals surface area contributed by atoms with E-state index >= 15 is 0 Å². The van der Waals surface area contributed by atoms with Crippen molar-refractivity contribution in [3.8, 4) is 0 Å². The van der Waals surface area contributed by atoms with Crippen LogP contribution in [0.5, 0.6) is 0 Å². The van der Waals surface area contributed by atoms with E-state index < -0.39 is 0 Å². The monoisotopic (exact) mass is 165 g/mol. The van der Waals surface area contributed by atoms with Gasteiger partial charge in [0.05, 0.1) is 0 Å². The van der Waals surface area contributed by atoms with Crippen LogP contribution in [0.25, 0.3) is 0 Å². The average Bonchev–Trinajstić information content (AvgIpc) is 2.07. The zero-order valence-electron chi connectivity index (χ0n) is 7.87. The van der Waals surface area contributed by atoms with E-state index in [9.17, 15) is 4.79 Å². The quantitative estimate of drug-likeness (QED) is 0.599. The molecular formula is C10H15NO. The second-order valence-electron chi connectivity index (χ2n) is 2.50.